The molecule has 35 heavy (non-hydrogen) atoms. The molecule has 0 spiro atoms. The second-order valence-corrected chi connectivity index (χ2v) is 9.51. The number of rotatable bonds is 4. The fourth-order valence-electron chi connectivity index (χ4n) is 5.84. The predicted molar refractivity (Wildman–Crippen MR) is 146 cm³/mol. The van der Waals surface area contributed by atoms with Crippen molar-refractivity contribution < 1.29 is 4.42 Å². The SMILES string of the molecule is NNCc1cccc2oc3ccc(-n4c5ccccc5c5cc(C6=CCCCC6)ccc54)cc3c12. The van der Waals surface area contributed by atoms with Crippen molar-refractivity contribution in [3.63, 3.8) is 0 Å². The summed E-state index contributed by atoms with van der Waals surface area (Å²) in [6.07, 6.45) is 7.38. The van der Waals surface area contributed by atoms with E-state index in [0.29, 0.717) is 6.54 Å². The third-order valence-electron chi connectivity index (χ3n) is 7.45. The van der Waals surface area contributed by atoms with Gasteiger partial charge in [-0.3, -0.25) is 11.3 Å². The van der Waals surface area contributed by atoms with Crippen molar-refractivity contribution in [2.75, 3.05) is 0 Å². The molecular weight excluding hydrogens is 430 g/mol. The molecule has 3 N–H and O–H groups in total. The average Bonchev–Trinajstić information content (AvgIpc) is 3.45. The first-order valence-corrected chi connectivity index (χ1v) is 12.4. The lowest BCUT2D eigenvalue weighted by molar-refractivity contribution is 0.668. The van der Waals surface area contributed by atoms with Gasteiger partial charge in [0.05, 0.1) is 11.0 Å². The molecule has 0 aliphatic heterocycles. The van der Waals surface area contributed by atoms with Gasteiger partial charge in [-0.15, -0.1) is 0 Å². The lowest BCUT2D eigenvalue weighted by Crippen LogP contribution is -2.20. The molecule has 2 aromatic heterocycles. The summed E-state index contributed by atoms with van der Waals surface area (Å²) < 4.78 is 8.57. The summed E-state index contributed by atoms with van der Waals surface area (Å²) in [7, 11) is 0. The number of benzene rings is 4. The number of hydrogen-bond acceptors (Lipinski definition) is 3. The minimum absolute atomic E-state index is 0.588. The molecule has 1 aliphatic rings. The molecule has 4 aromatic carbocycles. The number of para-hydroxylation sites is 1. The maximum Gasteiger partial charge on any atom is 0.135 e. The number of nitrogens with zero attached hydrogens (tertiary/aromatic N) is 1. The zero-order chi connectivity index (χ0) is 23.4. The van der Waals surface area contributed by atoms with E-state index in [1.807, 2.05) is 12.1 Å². The van der Waals surface area contributed by atoms with Crippen molar-refractivity contribution in [2.45, 2.75) is 32.2 Å². The van der Waals surface area contributed by atoms with E-state index in [9.17, 15) is 0 Å². The Hall–Kier alpha value is -3.86. The number of nitrogens with one attached hydrogen (secondary N) is 1. The maximum absolute atomic E-state index is 6.19. The van der Waals surface area contributed by atoms with E-state index < -0.39 is 0 Å². The van der Waals surface area contributed by atoms with E-state index in [1.165, 1.54) is 58.6 Å². The highest BCUT2D eigenvalue weighted by molar-refractivity contribution is 6.11. The van der Waals surface area contributed by atoms with Crippen LogP contribution in [-0.4, -0.2) is 4.57 Å². The minimum Gasteiger partial charge on any atom is -0.456 e. The quantitative estimate of drug-likeness (QED) is 0.212. The van der Waals surface area contributed by atoms with Crippen LogP contribution in [-0.2, 0) is 6.54 Å². The van der Waals surface area contributed by atoms with Crippen LogP contribution in [0.3, 0.4) is 0 Å². The van der Waals surface area contributed by atoms with E-state index in [-0.39, 0.29) is 0 Å². The van der Waals surface area contributed by atoms with E-state index in [4.69, 9.17) is 10.3 Å². The molecule has 4 nitrogen and oxygen atoms in total. The summed E-state index contributed by atoms with van der Waals surface area (Å²) in [4.78, 5) is 0. The van der Waals surface area contributed by atoms with Crippen LogP contribution >= 0.6 is 0 Å². The molecule has 0 unspecified atom stereocenters. The summed E-state index contributed by atoms with van der Waals surface area (Å²) in [5.41, 5.74) is 12.1. The molecule has 2 heterocycles. The number of allylic oxidation sites excluding steroid dienone is 2. The summed E-state index contributed by atoms with van der Waals surface area (Å²) in [5, 5.41) is 4.81. The molecule has 0 saturated carbocycles. The van der Waals surface area contributed by atoms with Crippen LogP contribution < -0.4 is 11.3 Å². The van der Waals surface area contributed by atoms with E-state index >= 15 is 0 Å². The Balaban J connectivity index is 1.49. The van der Waals surface area contributed by atoms with Gasteiger partial charge in [-0.25, -0.2) is 0 Å². The van der Waals surface area contributed by atoms with E-state index in [0.717, 1.165) is 33.2 Å². The number of hydrogen-bond donors (Lipinski definition) is 2. The number of aromatic nitrogens is 1. The van der Waals surface area contributed by atoms with E-state index in [2.05, 4.69) is 82.8 Å². The number of hydrazine groups is 1. The van der Waals surface area contributed by atoms with Crippen molar-refractivity contribution in [1.82, 2.24) is 9.99 Å². The summed E-state index contributed by atoms with van der Waals surface area (Å²) in [6.45, 7) is 0.588. The van der Waals surface area contributed by atoms with Gasteiger partial charge < -0.3 is 8.98 Å². The fraction of sp³-hybridized carbons (Fsp3) is 0.161. The van der Waals surface area contributed by atoms with Crippen LogP contribution in [0.1, 0.15) is 36.8 Å². The Bertz CT molecular complexity index is 1770. The Morgan fingerprint density at radius 3 is 2.60 bits per heavy atom. The molecule has 0 amide bonds. The van der Waals surface area contributed by atoms with Crippen LogP contribution in [0.25, 0.3) is 55.0 Å². The monoisotopic (exact) mass is 457 g/mol. The highest BCUT2D eigenvalue weighted by Gasteiger charge is 2.17. The Morgan fingerprint density at radius 2 is 1.71 bits per heavy atom. The van der Waals surface area contributed by atoms with Crippen molar-refractivity contribution in [1.29, 1.82) is 0 Å². The molecule has 172 valence electrons. The van der Waals surface area contributed by atoms with Gasteiger partial charge in [-0.2, -0.15) is 0 Å². The number of nitrogens with two attached hydrogens (primary N) is 1. The second kappa shape index (κ2) is 8.12. The second-order valence-electron chi connectivity index (χ2n) is 9.51. The molecule has 0 atom stereocenters. The standard InChI is InChI=1S/C31H27N3O/c32-33-19-22-9-6-12-30-31(22)26-18-23(14-16-29(26)35-30)34-27-11-5-4-10-24(27)25-17-21(13-15-28(25)34)20-7-2-1-3-8-20/h4-7,9-18,33H,1-3,8,19,32H2. The Kier molecular flexibility index (Phi) is 4.76. The van der Waals surface area contributed by atoms with Crippen molar-refractivity contribution in [3.8, 4) is 5.69 Å². The van der Waals surface area contributed by atoms with Crippen molar-refractivity contribution in [3.05, 3.63) is 96.1 Å². The predicted octanol–water partition coefficient (Wildman–Crippen LogP) is 7.60. The van der Waals surface area contributed by atoms with Gasteiger partial charge in [0.2, 0.25) is 0 Å². The van der Waals surface area contributed by atoms with Crippen LogP contribution in [0.4, 0.5) is 0 Å². The lowest BCUT2D eigenvalue weighted by Gasteiger charge is -2.13. The molecule has 1 aliphatic carbocycles. The molecule has 0 radical (unpaired) electrons. The normalized spacial score (nSPS) is 14.4. The van der Waals surface area contributed by atoms with Gasteiger partial charge in [0.1, 0.15) is 11.2 Å². The van der Waals surface area contributed by atoms with E-state index in [1.54, 1.807) is 0 Å². The molecular formula is C31H27N3O. The Labute approximate surface area is 203 Å². The lowest BCUT2D eigenvalue weighted by atomic mass is 9.93. The zero-order valence-electron chi connectivity index (χ0n) is 19.6. The van der Waals surface area contributed by atoms with Crippen LogP contribution in [0.2, 0.25) is 0 Å². The van der Waals surface area contributed by atoms with Gasteiger partial charge in [0, 0.05) is 33.8 Å². The zero-order valence-corrected chi connectivity index (χ0v) is 19.6. The molecule has 0 saturated heterocycles. The largest absolute Gasteiger partial charge is 0.456 e. The Morgan fingerprint density at radius 1 is 0.800 bits per heavy atom. The van der Waals surface area contributed by atoms with Gasteiger partial charge in [0.25, 0.3) is 0 Å². The van der Waals surface area contributed by atoms with Gasteiger partial charge in [0.15, 0.2) is 0 Å². The molecule has 0 bridgehead atoms. The molecule has 0 fully saturated rings. The topological polar surface area (TPSA) is 56.1 Å². The first-order chi connectivity index (χ1) is 17.3. The molecule has 7 rings (SSSR count). The average molecular weight is 458 g/mol. The van der Waals surface area contributed by atoms with Gasteiger partial charge >= 0.3 is 0 Å². The first kappa shape index (κ1) is 20.5. The molecule has 4 heteroatoms. The van der Waals surface area contributed by atoms with Crippen LogP contribution in [0, 0.1) is 0 Å². The highest BCUT2D eigenvalue weighted by Crippen LogP contribution is 2.38. The minimum atomic E-state index is 0.588. The third kappa shape index (κ3) is 3.22. The fourth-order valence-corrected chi connectivity index (χ4v) is 5.84. The first-order valence-electron chi connectivity index (χ1n) is 12.4. The van der Waals surface area contributed by atoms with Gasteiger partial charge in [-0.1, -0.05) is 42.5 Å². The third-order valence-corrected chi connectivity index (χ3v) is 7.45. The number of fused-ring (bicyclic) bond motifs is 6. The smallest absolute Gasteiger partial charge is 0.135 e. The number of furan rings is 1. The highest BCUT2D eigenvalue weighted by atomic mass is 16.3. The molecule has 6 aromatic rings. The summed E-state index contributed by atoms with van der Waals surface area (Å²) >= 11 is 0. The summed E-state index contributed by atoms with van der Waals surface area (Å²) in [5.74, 6) is 5.67. The van der Waals surface area contributed by atoms with Gasteiger partial charge in [-0.05, 0) is 84.8 Å². The van der Waals surface area contributed by atoms with Crippen molar-refractivity contribution in [2.24, 2.45) is 5.84 Å². The maximum atomic E-state index is 6.19. The van der Waals surface area contributed by atoms with Crippen molar-refractivity contribution >= 4 is 49.3 Å². The van der Waals surface area contributed by atoms with Crippen LogP contribution in [0.15, 0.2) is 89.4 Å². The summed E-state index contributed by atoms with van der Waals surface area (Å²) in [6, 6.07) is 28.4. The van der Waals surface area contributed by atoms with Crippen LogP contribution in [0.5, 0.6) is 0 Å².